The highest BCUT2D eigenvalue weighted by Crippen LogP contribution is 2.21. The van der Waals surface area contributed by atoms with Crippen molar-refractivity contribution in [2.75, 3.05) is 18.5 Å². The molecule has 0 aromatic heterocycles. The van der Waals surface area contributed by atoms with Gasteiger partial charge in [-0.25, -0.2) is 4.39 Å². The Morgan fingerprint density at radius 3 is 2.81 bits per heavy atom. The predicted molar refractivity (Wildman–Crippen MR) is 60.3 cm³/mol. The van der Waals surface area contributed by atoms with Gasteiger partial charge in [0, 0.05) is 19.3 Å². The van der Waals surface area contributed by atoms with E-state index in [9.17, 15) is 9.18 Å². The van der Waals surface area contributed by atoms with E-state index >= 15 is 0 Å². The standard InChI is InChI=1S/C10H12ClFN2O2/c1-14(5-9(13)10(15)16)6-2-3-8(12)7(11)4-6/h2-4,9H,5,13H2,1H3,(H,15,16). The smallest absolute Gasteiger partial charge is 0.322 e. The first-order valence-electron chi connectivity index (χ1n) is 4.56. The summed E-state index contributed by atoms with van der Waals surface area (Å²) >= 11 is 5.61. The van der Waals surface area contributed by atoms with Crippen molar-refractivity contribution in [3.63, 3.8) is 0 Å². The van der Waals surface area contributed by atoms with Crippen molar-refractivity contribution >= 4 is 23.3 Å². The van der Waals surface area contributed by atoms with Gasteiger partial charge in [0.05, 0.1) is 5.02 Å². The summed E-state index contributed by atoms with van der Waals surface area (Å²) in [4.78, 5) is 12.2. The molecule has 0 aliphatic rings. The van der Waals surface area contributed by atoms with Crippen LogP contribution in [0.2, 0.25) is 5.02 Å². The molecular formula is C10H12ClFN2O2. The number of hydrogen-bond acceptors (Lipinski definition) is 3. The first kappa shape index (κ1) is 12.7. The zero-order valence-corrected chi connectivity index (χ0v) is 9.41. The zero-order chi connectivity index (χ0) is 12.3. The number of benzene rings is 1. The molecule has 0 heterocycles. The summed E-state index contributed by atoms with van der Waals surface area (Å²) < 4.78 is 12.9. The molecule has 1 rings (SSSR count). The third kappa shape index (κ3) is 3.08. The summed E-state index contributed by atoms with van der Waals surface area (Å²) in [6.07, 6.45) is 0. The molecule has 16 heavy (non-hydrogen) atoms. The molecule has 0 bridgehead atoms. The van der Waals surface area contributed by atoms with Gasteiger partial charge in [-0.1, -0.05) is 11.6 Å². The molecule has 0 saturated carbocycles. The van der Waals surface area contributed by atoms with Crippen LogP contribution in [0, 0.1) is 5.82 Å². The fourth-order valence-corrected chi connectivity index (χ4v) is 1.38. The number of rotatable bonds is 4. The third-order valence-corrected chi connectivity index (χ3v) is 2.42. The van der Waals surface area contributed by atoms with Crippen molar-refractivity contribution < 1.29 is 14.3 Å². The molecule has 0 fully saturated rings. The summed E-state index contributed by atoms with van der Waals surface area (Å²) in [5, 5.41) is 8.63. The normalized spacial score (nSPS) is 12.2. The van der Waals surface area contributed by atoms with Gasteiger partial charge in [-0.05, 0) is 18.2 Å². The highest BCUT2D eigenvalue weighted by molar-refractivity contribution is 6.31. The molecule has 1 aromatic carbocycles. The van der Waals surface area contributed by atoms with Gasteiger partial charge in [0.2, 0.25) is 0 Å². The SMILES string of the molecule is CN(CC(N)C(=O)O)c1ccc(F)c(Cl)c1. The van der Waals surface area contributed by atoms with Crippen LogP contribution >= 0.6 is 11.6 Å². The maximum atomic E-state index is 12.9. The van der Waals surface area contributed by atoms with Crippen LogP contribution in [0.25, 0.3) is 0 Å². The van der Waals surface area contributed by atoms with Gasteiger partial charge in [0.15, 0.2) is 0 Å². The Kier molecular flexibility index (Phi) is 4.09. The molecule has 0 amide bonds. The van der Waals surface area contributed by atoms with Crippen LogP contribution < -0.4 is 10.6 Å². The van der Waals surface area contributed by atoms with Gasteiger partial charge in [0.25, 0.3) is 0 Å². The van der Waals surface area contributed by atoms with Crippen molar-refractivity contribution in [2.24, 2.45) is 5.73 Å². The molecule has 1 aromatic rings. The van der Waals surface area contributed by atoms with Crippen molar-refractivity contribution in [3.8, 4) is 0 Å². The number of hydrogen-bond donors (Lipinski definition) is 2. The van der Waals surface area contributed by atoms with Crippen LogP contribution in [0.1, 0.15) is 0 Å². The first-order chi connectivity index (χ1) is 7.41. The minimum absolute atomic E-state index is 0.00625. The molecular weight excluding hydrogens is 235 g/mol. The van der Waals surface area contributed by atoms with E-state index in [1.165, 1.54) is 18.2 Å². The number of aliphatic carboxylic acids is 1. The zero-order valence-electron chi connectivity index (χ0n) is 8.65. The molecule has 0 aliphatic heterocycles. The Balaban J connectivity index is 2.76. The van der Waals surface area contributed by atoms with Gasteiger partial charge in [0.1, 0.15) is 11.9 Å². The van der Waals surface area contributed by atoms with Crippen LogP contribution in [0.3, 0.4) is 0 Å². The lowest BCUT2D eigenvalue weighted by Crippen LogP contribution is -2.41. The minimum atomic E-state index is -1.08. The van der Waals surface area contributed by atoms with E-state index in [0.29, 0.717) is 5.69 Å². The number of nitrogens with zero attached hydrogens (tertiary/aromatic N) is 1. The van der Waals surface area contributed by atoms with E-state index in [-0.39, 0.29) is 11.6 Å². The lowest BCUT2D eigenvalue weighted by atomic mass is 10.2. The van der Waals surface area contributed by atoms with Crippen LogP contribution in [-0.4, -0.2) is 30.7 Å². The Hall–Kier alpha value is -1.33. The lowest BCUT2D eigenvalue weighted by Gasteiger charge is -2.21. The Morgan fingerprint density at radius 2 is 2.31 bits per heavy atom. The van der Waals surface area contributed by atoms with E-state index in [2.05, 4.69) is 0 Å². The average molecular weight is 247 g/mol. The lowest BCUT2D eigenvalue weighted by molar-refractivity contribution is -0.138. The fraction of sp³-hybridized carbons (Fsp3) is 0.300. The average Bonchev–Trinajstić information content (AvgIpc) is 2.21. The van der Waals surface area contributed by atoms with E-state index in [4.69, 9.17) is 22.4 Å². The van der Waals surface area contributed by atoms with Crippen molar-refractivity contribution in [3.05, 3.63) is 29.0 Å². The molecule has 3 N–H and O–H groups in total. The second-order valence-electron chi connectivity index (χ2n) is 3.42. The molecule has 6 heteroatoms. The monoisotopic (exact) mass is 246 g/mol. The summed E-state index contributed by atoms with van der Waals surface area (Å²) in [7, 11) is 1.66. The molecule has 0 radical (unpaired) electrons. The highest BCUT2D eigenvalue weighted by atomic mass is 35.5. The third-order valence-electron chi connectivity index (χ3n) is 2.13. The van der Waals surface area contributed by atoms with Crippen LogP contribution in [0.4, 0.5) is 10.1 Å². The van der Waals surface area contributed by atoms with Gasteiger partial charge in [-0.3, -0.25) is 4.79 Å². The topological polar surface area (TPSA) is 66.6 Å². The number of anilines is 1. The highest BCUT2D eigenvalue weighted by Gasteiger charge is 2.15. The molecule has 4 nitrogen and oxygen atoms in total. The van der Waals surface area contributed by atoms with E-state index in [0.717, 1.165) is 0 Å². The van der Waals surface area contributed by atoms with Gasteiger partial charge in [-0.15, -0.1) is 0 Å². The molecule has 0 aliphatic carbocycles. The quantitative estimate of drug-likeness (QED) is 0.841. The molecule has 1 atom stereocenters. The van der Waals surface area contributed by atoms with E-state index in [1.54, 1.807) is 11.9 Å². The summed E-state index contributed by atoms with van der Waals surface area (Å²) in [5.74, 6) is -1.60. The molecule has 0 spiro atoms. The van der Waals surface area contributed by atoms with Crippen LogP contribution in [-0.2, 0) is 4.79 Å². The van der Waals surface area contributed by atoms with Crippen LogP contribution in [0.5, 0.6) is 0 Å². The fourth-order valence-electron chi connectivity index (χ4n) is 1.20. The largest absolute Gasteiger partial charge is 0.480 e. The van der Waals surface area contributed by atoms with Crippen molar-refractivity contribution in [1.82, 2.24) is 0 Å². The summed E-state index contributed by atoms with van der Waals surface area (Å²) in [5.41, 5.74) is 5.99. The van der Waals surface area contributed by atoms with E-state index < -0.39 is 17.8 Å². The summed E-state index contributed by atoms with van der Waals surface area (Å²) in [6, 6.07) is 3.16. The van der Waals surface area contributed by atoms with Crippen molar-refractivity contribution in [1.29, 1.82) is 0 Å². The Labute approximate surface area is 97.4 Å². The predicted octanol–water partition coefficient (Wildman–Crippen LogP) is 1.33. The first-order valence-corrected chi connectivity index (χ1v) is 4.94. The molecule has 88 valence electrons. The van der Waals surface area contributed by atoms with Crippen LogP contribution in [0.15, 0.2) is 18.2 Å². The van der Waals surface area contributed by atoms with Crippen molar-refractivity contribution in [2.45, 2.75) is 6.04 Å². The number of carboxylic acid groups (broad SMARTS) is 1. The number of likely N-dealkylation sites (N-methyl/N-ethyl adjacent to an activating group) is 1. The number of carbonyl (C=O) groups is 1. The second-order valence-corrected chi connectivity index (χ2v) is 3.83. The van der Waals surface area contributed by atoms with Gasteiger partial charge >= 0.3 is 5.97 Å². The number of halogens is 2. The summed E-state index contributed by atoms with van der Waals surface area (Å²) in [6.45, 7) is 0.122. The Bertz CT molecular complexity index is 400. The number of carboxylic acids is 1. The minimum Gasteiger partial charge on any atom is -0.480 e. The number of nitrogens with two attached hydrogens (primary N) is 1. The van der Waals surface area contributed by atoms with Gasteiger partial charge in [-0.2, -0.15) is 0 Å². The van der Waals surface area contributed by atoms with E-state index in [1.807, 2.05) is 0 Å². The maximum Gasteiger partial charge on any atom is 0.322 e. The molecule has 0 saturated heterocycles. The maximum absolute atomic E-state index is 12.9. The molecule has 1 unspecified atom stereocenters. The van der Waals surface area contributed by atoms with Gasteiger partial charge < -0.3 is 15.7 Å². The second kappa shape index (κ2) is 5.14. The Morgan fingerprint density at radius 1 is 1.69 bits per heavy atom.